The topological polar surface area (TPSA) is 62.1 Å². The van der Waals surface area contributed by atoms with Crippen LogP contribution in [0.1, 0.15) is 25.3 Å². The molecule has 2 aromatic carbocycles. The Labute approximate surface area is 152 Å². The van der Waals surface area contributed by atoms with E-state index in [-0.39, 0.29) is 5.57 Å². The zero-order chi connectivity index (χ0) is 18.1. The minimum Gasteiger partial charge on any atom is -0.493 e. The first-order chi connectivity index (χ1) is 12.1. The lowest BCUT2D eigenvalue weighted by molar-refractivity contribution is -0.112. The van der Waals surface area contributed by atoms with E-state index in [0.29, 0.717) is 28.6 Å². The van der Waals surface area contributed by atoms with Crippen molar-refractivity contribution in [3.8, 4) is 11.8 Å². The summed E-state index contributed by atoms with van der Waals surface area (Å²) >= 11 is 6.05. The standard InChI is InChI=1S/C20H19ClN2O2/c1-2-3-11-25-19-10-9-17(21)13-15(19)12-16(14-22)20(24)23-18-7-5-4-6-8-18/h4-10,12-13H,2-3,11H2,1H3,(H,23,24)/b16-12+. The van der Waals surface area contributed by atoms with Gasteiger partial charge in [0.25, 0.3) is 5.91 Å². The number of carbonyl (C=O) groups is 1. The highest BCUT2D eigenvalue weighted by Gasteiger charge is 2.12. The second-order valence-electron chi connectivity index (χ2n) is 5.37. The van der Waals surface area contributed by atoms with Gasteiger partial charge in [-0.1, -0.05) is 43.1 Å². The number of nitriles is 1. The van der Waals surface area contributed by atoms with E-state index >= 15 is 0 Å². The lowest BCUT2D eigenvalue weighted by atomic mass is 10.1. The molecule has 5 heteroatoms. The average Bonchev–Trinajstić information content (AvgIpc) is 2.62. The van der Waals surface area contributed by atoms with Gasteiger partial charge in [-0.3, -0.25) is 4.79 Å². The maximum absolute atomic E-state index is 12.3. The molecule has 0 saturated carbocycles. The first-order valence-electron chi connectivity index (χ1n) is 8.04. The lowest BCUT2D eigenvalue weighted by Crippen LogP contribution is -2.13. The van der Waals surface area contributed by atoms with Crippen LogP contribution in [0.4, 0.5) is 5.69 Å². The minimum absolute atomic E-state index is 0.0218. The molecule has 0 bridgehead atoms. The second-order valence-corrected chi connectivity index (χ2v) is 5.81. The Morgan fingerprint density at radius 2 is 2.04 bits per heavy atom. The van der Waals surface area contributed by atoms with Gasteiger partial charge in [-0.15, -0.1) is 0 Å². The fourth-order valence-electron chi connectivity index (χ4n) is 2.11. The predicted molar refractivity (Wildman–Crippen MR) is 101 cm³/mol. The zero-order valence-corrected chi connectivity index (χ0v) is 14.7. The van der Waals surface area contributed by atoms with E-state index in [1.807, 2.05) is 24.3 Å². The van der Waals surface area contributed by atoms with Crippen molar-refractivity contribution in [1.29, 1.82) is 5.26 Å². The summed E-state index contributed by atoms with van der Waals surface area (Å²) in [5, 5.41) is 12.6. The highest BCUT2D eigenvalue weighted by atomic mass is 35.5. The molecule has 0 aliphatic heterocycles. The molecule has 2 aromatic rings. The van der Waals surface area contributed by atoms with Crippen LogP contribution >= 0.6 is 11.6 Å². The number of amides is 1. The number of hydrogen-bond donors (Lipinski definition) is 1. The molecule has 4 nitrogen and oxygen atoms in total. The number of nitrogens with zero attached hydrogens (tertiary/aromatic N) is 1. The third-order valence-electron chi connectivity index (χ3n) is 3.42. The third-order valence-corrected chi connectivity index (χ3v) is 3.66. The summed E-state index contributed by atoms with van der Waals surface area (Å²) in [6.45, 7) is 2.64. The second kappa shape index (κ2) is 9.51. The molecular weight excluding hydrogens is 336 g/mol. The number of unbranched alkanes of at least 4 members (excludes halogenated alkanes) is 1. The maximum Gasteiger partial charge on any atom is 0.266 e. The van der Waals surface area contributed by atoms with Crippen molar-refractivity contribution in [2.24, 2.45) is 0 Å². The number of carbonyl (C=O) groups excluding carboxylic acids is 1. The van der Waals surface area contributed by atoms with Crippen molar-refractivity contribution in [2.45, 2.75) is 19.8 Å². The molecule has 0 heterocycles. The summed E-state index contributed by atoms with van der Waals surface area (Å²) < 4.78 is 5.73. The molecule has 0 saturated heterocycles. The Hall–Kier alpha value is -2.77. The Bertz CT molecular complexity index is 795. The summed E-state index contributed by atoms with van der Waals surface area (Å²) in [6.07, 6.45) is 3.43. The molecule has 0 atom stereocenters. The Balaban J connectivity index is 2.24. The summed E-state index contributed by atoms with van der Waals surface area (Å²) in [5.74, 6) is 0.117. The van der Waals surface area contributed by atoms with Crippen LogP contribution in [0.5, 0.6) is 5.75 Å². The smallest absolute Gasteiger partial charge is 0.266 e. The third kappa shape index (κ3) is 5.66. The molecular formula is C20H19ClN2O2. The van der Waals surface area contributed by atoms with Gasteiger partial charge in [0, 0.05) is 16.3 Å². The summed E-state index contributed by atoms with van der Waals surface area (Å²) in [7, 11) is 0. The monoisotopic (exact) mass is 354 g/mol. The number of anilines is 1. The fraction of sp³-hybridized carbons (Fsp3) is 0.200. The van der Waals surface area contributed by atoms with Crippen molar-refractivity contribution in [2.75, 3.05) is 11.9 Å². The molecule has 0 radical (unpaired) electrons. The number of para-hydroxylation sites is 1. The first-order valence-corrected chi connectivity index (χ1v) is 8.42. The van der Waals surface area contributed by atoms with Crippen molar-refractivity contribution in [3.05, 3.63) is 64.7 Å². The van der Waals surface area contributed by atoms with Crippen LogP contribution < -0.4 is 10.1 Å². The van der Waals surface area contributed by atoms with Gasteiger partial charge in [-0.05, 0) is 42.8 Å². The van der Waals surface area contributed by atoms with Crippen LogP contribution in [0.15, 0.2) is 54.1 Å². The van der Waals surface area contributed by atoms with Gasteiger partial charge in [0.2, 0.25) is 0 Å². The van der Waals surface area contributed by atoms with Gasteiger partial charge in [0.15, 0.2) is 0 Å². The van der Waals surface area contributed by atoms with Crippen LogP contribution in [-0.4, -0.2) is 12.5 Å². The van der Waals surface area contributed by atoms with E-state index in [1.54, 1.807) is 30.3 Å². The van der Waals surface area contributed by atoms with Crippen LogP contribution in [0.25, 0.3) is 6.08 Å². The van der Waals surface area contributed by atoms with Crippen molar-refractivity contribution in [1.82, 2.24) is 0 Å². The highest BCUT2D eigenvalue weighted by molar-refractivity contribution is 6.30. The van der Waals surface area contributed by atoms with E-state index in [1.165, 1.54) is 6.08 Å². The number of halogens is 1. The molecule has 25 heavy (non-hydrogen) atoms. The quantitative estimate of drug-likeness (QED) is 0.429. The summed E-state index contributed by atoms with van der Waals surface area (Å²) in [6, 6.07) is 16.0. The zero-order valence-electron chi connectivity index (χ0n) is 14.0. The van der Waals surface area contributed by atoms with Crippen molar-refractivity contribution >= 4 is 29.3 Å². The van der Waals surface area contributed by atoms with E-state index < -0.39 is 5.91 Å². The molecule has 0 unspecified atom stereocenters. The normalized spacial score (nSPS) is 10.8. The van der Waals surface area contributed by atoms with Crippen molar-refractivity contribution < 1.29 is 9.53 Å². The largest absolute Gasteiger partial charge is 0.493 e. The summed E-state index contributed by atoms with van der Waals surface area (Å²) in [5.41, 5.74) is 1.20. The molecule has 0 fully saturated rings. The van der Waals surface area contributed by atoms with Gasteiger partial charge in [0.05, 0.1) is 6.61 Å². The lowest BCUT2D eigenvalue weighted by Gasteiger charge is -2.10. The number of rotatable bonds is 7. The van der Waals surface area contributed by atoms with Gasteiger partial charge < -0.3 is 10.1 Å². The molecule has 1 N–H and O–H groups in total. The van der Waals surface area contributed by atoms with Gasteiger partial charge in [0.1, 0.15) is 17.4 Å². The Morgan fingerprint density at radius 1 is 1.28 bits per heavy atom. The van der Waals surface area contributed by atoms with Crippen LogP contribution in [-0.2, 0) is 4.79 Å². The average molecular weight is 355 g/mol. The fourth-order valence-corrected chi connectivity index (χ4v) is 2.29. The molecule has 0 aliphatic rings. The molecule has 0 aromatic heterocycles. The van der Waals surface area contributed by atoms with Gasteiger partial charge in [-0.2, -0.15) is 5.26 Å². The maximum atomic E-state index is 12.3. The predicted octanol–water partition coefficient (Wildman–Crippen LogP) is 5.06. The van der Waals surface area contributed by atoms with E-state index in [4.69, 9.17) is 16.3 Å². The van der Waals surface area contributed by atoms with E-state index in [9.17, 15) is 10.1 Å². The van der Waals surface area contributed by atoms with E-state index in [2.05, 4.69) is 12.2 Å². The van der Waals surface area contributed by atoms with Gasteiger partial charge >= 0.3 is 0 Å². The van der Waals surface area contributed by atoms with Gasteiger partial charge in [-0.25, -0.2) is 0 Å². The number of ether oxygens (including phenoxy) is 1. The van der Waals surface area contributed by atoms with Crippen molar-refractivity contribution in [3.63, 3.8) is 0 Å². The minimum atomic E-state index is -0.479. The molecule has 0 aliphatic carbocycles. The van der Waals surface area contributed by atoms with Crippen LogP contribution in [0.2, 0.25) is 5.02 Å². The number of nitrogens with one attached hydrogen (secondary N) is 1. The first kappa shape index (κ1) is 18.6. The molecule has 1 amide bonds. The molecule has 2 rings (SSSR count). The summed E-state index contributed by atoms with van der Waals surface area (Å²) in [4.78, 5) is 12.3. The van der Waals surface area contributed by atoms with Crippen LogP contribution in [0, 0.1) is 11.3 Å². The molecule has 128 valence electrons. The Morgan fingerprint density at radius 3 is 2.72 bits per heavy atom. The number of benzene rings is 2. The molecule has 0 spiro atoms. The van der Waals surface area contributed by atoms with Crippen LogP contribution in [0.3, 0.4) is 0 Å². The SMILES string of the molecule is CCCCOc1ccc(Cl)cc1/C=C(\C#N)C(=O)Nc1ccccc1. The Kier molecular flexibility index (Phi) is 7.06. The van der Waals surface area contributed by atoms with E-state index in [0.717, 1.165) is 12.8 Å². The number of hydrogen-bond acceptors (Lipinski definition) is 3. The highest BCUT2D eigenvalue weighted by Crippen LogP contribution is 2.26.